The first kappa shape index (κ1) is 17.5. The molecule has 1 atom stereocenters. The molecule has 0 radical (unpaired) electrons. The van der Waals surface area contributed by atoms with Crippen LogP contribution in [0, 0.1) is 0 Å². The van der Waals surface area contributed by atoms with Gasteiger partial charge in [0.25, 0.3) is 5.91 Å². The van der Waals surface area contributed by atoms with E-state index in [-0.39, 0.29) is 11.9 Å². The van der Waals surface area contributed by atoms with Gasteiger partial charge in [0.2, 0.25) is 0 Å². The van der Waals surface area contributed by atoms with E-state index in [1.807, 2.05) is 13.8 Å². The van der Waals surface area contributed by atoms with Gasteiger partial charge in [0.15, 0.2) is 5.69 Å². The minimum absolute atomic E-state index is 0.249. The van der Waals surface area contributed by atoms with Crippen molar-refractivity contribution < 1.29 is 4.79 Å². The van der Waals surface area contributed by atoms with E-state index in [0.29, 0.717) is 12.2 Å². The van der Waals surface area contributed by atoms with Gasteiger partial charge in [-0.2, -0.15) is 5.10 Å². The number of carbonyl (C=O) groups is 1. The molecule has 1 amide bonds. The topological polar surface area (TPSA) is 106 Å². The van der Waals surface area contributed by atoms with Crippen molar-refractivity contribution >= 4 is 5.91 Å². The standard InChI is InChI=1S/C15H25N9O/c1-3-24-14(17-11-18-24)12(2)19-15(25)13-10-23(21-20-13)9-8-22-6-4-16-5-7-22/h10-12,16H,3-9H2,1-2H3,(H,19,25)/t12-/m0/s1. The molecule has 1 saturated heterocycles. The molecule has 2 aromatic heterocycles. The maximum absolute atomic E-state index is 12.4. The van der Waals surface area contributed by atoms with Crippen LogP contribution in [0.5, 0.6) is 0 Å². The lowest BCUT2D eigenvalue weighted by Crippen LogP contribution is -2.44. The van der Waals surface area contributed by atoms with E-state index >= 15 is 0 Å². The lowest BCUT2D eigenvalue weighted by Gasteiger charge is -2.26. The molecular formula is C15H25N9O. The summed E-state index contributed by atoms with van der Waals surface area (Å²) in [6.07, 6.45) is 3.18. The zero-order valence-corrected chi connectivity index (χ0v) is 14.7. The van der Waals surface area contributed by atoms with Gasteiger partial charge in [0, 0.05) is 39.3 Å². The molecule has 3 rings (SSSR count). The molecule has 25 heavy (non-hydrogen) atoms. The Morgan fingerprint density at radius 1 is 1.36 bits per heavy atom. The molecule has 3 heterocycles. The maximum Gasteiger partial charge on any atom is 0.274 e. The summed E-state index contributed by atoms with van der Waals surface area (Å²) in [5.41, 5.74) is 0.315. The van der Waals surface area contributed by atoms with E-state index in [1.54, 1.807) is 15.6 Å². The molecule has 136 valence electrons. The van der Waals surface area contributed by atoms with E-state index in [9.17, 15) is 4.79 Å². The van der Waals surface area contributed by atoms with Crippen LogP contribution < -0.4 is 10.6 Å². The van der Waals surface area contributed by atoms with Gasteiger partial charge in [-0.05, 0) is 13.8 Å². The fraction of sp³-hybridized carbons (Fsp3) is 0.667. The van der Waals surface area contributed by atoms with Gasteiger partial charge in [-0.15, -0.1) is 5.10 Å². The van der Waals surface area contributed by atoms with E-state index in [4.69, 9.17) is 0 Å². The van der Waals surface area contributed by atoms with Crippen molar-refractivity contribution in [2.75, 3.05) is 32.7 Å². The van der Waals surface area contributed by atoms with Crippen LogP contribution in [0.3, 0.4) is 0 Å². The minimum atomic E-state index is -0.258. The highest BCUT2D eigenvalue weighted by Crippen LogP contribution is 2.09. The Hall–Kier alpha value is -2.33. The molecule has 1 fully saturated rings. The molecule has 2 aromatic rings. The van der Waals surface area contributed by atoms with Gasteiger partial charge in [-0.1, -0.05) is 5.21 Å². The van der Waals surface area contributed by atoms with Crippen LogP contribution in [-0.2, 0) is 13.1 Å². The third kappa shape index (κ3) is 4.40. The van der Waals surface area contributed by atoms with Crippen LogP contribution in [0.2, 0.25) is 0 Å². The Balaban J connectivity index is 1.53. The smallest absolute Gasteiger partial charge is 0.274 e. The molecule has 10 heteroatoms. The largest absolute Gasteiger partial charge is 0.341 e. The summed E-state index contributed by atoms with van der Waals surface area (Å²) in [4.78, 5) is 18.9. The second kappa shape index (κ2) is 8.17. The second-order valence-corrected chi connectivity index (χ2v) is 6.09. The van der Waals surface area contributed by atoms with E-state index < -0.39 is 0 Å². The van der Waals surface area contributed by atoms with Crippen molar-refractivity contribution in [3.63, 3.8) is 0 Å². The highest BCUT2D eigenvalue weighted by molar-refractivity contribution is 5.92. The minimum Gasteiger partial charge on any atom is -0.341 e. The maximum atomic E-state index is 12.4. The molecule has 1 aliphatic heterocycles. The van der Waals surface area contributed by atoms with Gasteiger partial charge >= 0.3 is 0 Å². The van der Waals surface area contributed by atoms with Gasteiger partial charge in [-0.3, -0.25) is 14.4 Å². The summed E-state index contributed by atoms with van der Waals surface area (Å²) in [5, 5.41) is 18.4. The first-order valence-electron chi connectivity index (χ1n) is 8.69. The van der Waals surface area contributed by atoms with Crippen LogP contribution in [0.4, 0.5) is 0 Å². The van der Waals surface area contributed by atoms with Crippen LogP contribution in [0.15, 0.2) is 12.5 Å². The fourth-order valence-electron chi connectivity index (χ4n) is 2.88. The summed E-state index contributed by atoms with van der Waals surface area (Å²) in [7, 11) is 0. The number of nitrogens with one attached hydrogen (secondary N) is 2. The highest BCUT2D eigenvalue weighted by Gasteiger charge is 2.18. The number of rotatable bonds is 7. The molecule has 0 bridgehead atoms. The number of aromatic nitrogens is 6. The Kier molecular flexibility index (Phi) is 5.71. The lowest BCUT2D eigenvalue weighted by molar-refractivity contribution is 0.0932. The molecule has 2 N–H and O–H groups in total. The third-order valence-electron chi connectivity index (χ3n) is 4.31. The molecule has 0 aromatic carbocycles. The van der Waals surface area contributed by atoms with Crippen LogP contribution in [0.1, 0.15) is 36.2 Å². The van der Waals surface area contributed by atoms with Gasteiger partial charge in [0.1, 0.15) is 12.2 Å². The molecule has 10 nitrogen and oxygen atoms in total. The summed E-state index contributed by atoms with van der Waals surface area (Å²) >= 11 is 0. The third-order valence-corrected chi connectivity index (χ3v) is 4.31. The molecular weight excluding hydrogens is 322 g/mol. The summed E-state index contributed by atoms with van der Waals surface area (Å²) in [6, 6.07) is -0.249. The van der Waals surface area contributed by atoms with Crippen LogP contribution in [0.25, 0.3) is 0 Å². The van der Waals surface area contributed by atoms with Crippen molar-refractivity contribution in [3.8, 4) is 0 Å². The number of hydrogen-bond donors (Lipinski definition) is 2. The molecule has 0 spiro atoms. The lowest BCUT2D eigenvalue weighted by atomic mass is 10.3. The zero-order valence-electron chi connectivity index (χ0n) is 14.7. The SMILES string of the molecule is CCn1ncnc1[C@H](C)NC(=O)c1cn(CCN2CCNCC2)nn1. The highest BCUT2D eigenvalue weighted by atomic mass is 16.2. The number of amides is 1. The molecule has 0 saturated carbocycles. The predicted molar refractivity (Wildman–Crippen MR) is 90.9 cm³/mol. The van der Waals surface area contributed by atoms with Crippen molar-refractivity contribution in [1.82, 2.24) is 45.3 Å². The molecule has 0 aliphatic carbocycles. The second-order valence-electron chi connectivity index (χ2n) is 6.09. The molecule has 1 aliphatic rings. The number of nitrogens with zero attached hydrogens (tertiary/aromatic N) is 7. The van der Waals surface area contributed by atoms with E-state index in [1.165, 1.54) is 6.33 Å². The van der Waals surface area contributed by atoms with Crippen molar-refractivity contribution in [1.29, 1.82) is 0 Å². The quantitative estimate of drug-likeness (QED) is 0.681. The van der Waals surface area contributed by atoms with Crippen LogP contribution in [-0.4, -0.2) is 73.3 Å². The van der Waals surface area contributed by atoms with Gasteiger partial charge in [-0.25, -0.2) is 9.67 Å². The summed E-state index contributed by atoms with van der Waals surface area (Å²) in [5.74, 6) is 0.466. The van der Waals surface area contributed by atoms with Crippen LogP contribution >= 0.6 is 0 Å². The Morgan fingerprint density at radius 2 is 2.16 bits per heavy atom. The molecule has 0 unspecified atom stereocenters. The zero-order chi connectivity index (χ0) is 17.6. The summed E-state index contributed by atoms with van der Waals surface area (Å²) < 4.78 is 3.48. The first-order chi connectivity index (χ1) is 12.2. The van der Waals surface area contributed by atoms with Crippen molar-refractivity contribution in [3.05, 3.63) is 24.0 Å². The average Bonchev–Trinajstić information content (AvgIpc) is 3.30. The monoisotopic (exact) mass is 347 g/mol. The Bertz CT molecular complexity index is 689. The summed E-state index contributed by atoms with van der Waals surface area (Å²) in [6.45, 7) is 10.3. The van der Waals surface area contributed by atoms with E-state index in [0.717, 1.165) is 45.1 Å². The number of aryl methyl sites for hydroxylation is 1. The number of carbonyl (C=O) groups excluding carboxylic acids is 1. The first-order valence-corrected chi connectivity index (χ1v) is 8.69. The van der Waals surface area contributed by atoms with Gasteiger partial charge < -0.3 is 10.6 Å². The van der Waals surface area contributed by atoms with Crippen molar-refractivity contribution in [2.24, 2.45) is 0 Å². The Labute approximate surface area is 146 Å². The van der Waals surface area contributed by atoms with E-state index in [2.05, 4.69) is 35.9 Å². The normalized spacial score (nSPS) is 16.7. The predicted octanol–water partition coefficient (Wildman–Crippen LogP) is -0.714. The van der Waals surface area contributed by atoms with Gasteiger partial charge in [0.05, 0.1) is 18.8 Å². The van der Waals surface area contributed by atoms with Crippen molar-refractivity contribution in [2.45, 2.75) is 33.0 Å². The average molecular weight is 347 g/mol. The number of piperazine rings is 1. The fourth-order valence-corrected chi connectivity index (χ4v) is 2.88. The Morgan fingerprint density at radius 3 is 2.92 bits per heavy atom. The number of hydrogen-bond acceptors (Lipinski definition) is 7.